The van der Waals surface area contributed by atoms with Crippen molar-refractivity contribution in [1.29, 1.82) is 0 Å². The maximum Gasteiger partial charge on any atom is 0.379 e. The normalized spacial score (nSPS) is 17.2. The molecule has 0 aromatic rings. The van der Waals surface area contributed by atoms with E-state index in [1.807, 2.05) is 0 Å². The van der Waals surface area contributed by atoms with Gasteiger partial charge in [-0.3, -0.25) is 14.4 Å². The molecule has 0 radical (unpaired) electrons. The minimum atomic E-state index is -1.45. The Balaban J connectivity index is 2.61. The van der Waals surface area contributed by atoms with Gasteiger partial charge < -0.3 is 24.4 Å². The van der Waals surface area contributed by atoms with Gasteiger partial charge in [0.15, 0.2) is 11.9 Å². The van der Waals surface area contributed by atoms with E-state index in [0.29, 0.717) is 12.8 Å². The first-order chi connectivity index (χ1) is 17.9. The Kier molecular flexibility index (Phi) is 15.0. The maximum atomic E-state index is 12.3. The molecule has 0 aromatic carbocycles. The zero-order valence-corrected chi connectivity index (χ0v) is 23.9. The number of ether oxygens (including phenoxy) is 3. The molecule has 2 N–H and O–H groups in total. The molecule has 1 aliphatic heterocycles. The Morgan fingerprint density at radius 1 is 0.921 bits per heavy atom. The SMILES string of the molecule is CCCCCCCCCCCCCCC(C[C@H](OC(C)=O)[C@H]1OC(=O)C(OC(=O)C(C)(C)C)=C1O)C(=O)O. The number of cyclic esters (lactones) is 1. The van der Waals surface area contributed by atoms with Crippen molar-refractivity contribution in [2.45, 2.75) is 137 Å². The summed E-state index contributed by atoms with van der Waals surface area (Å²) in [6, 6.07) is 0. The summed E-state index contributed by atoms with van der Waals surface area (Å²) in [5.74, 6) is -5.82. The number of carboxylic acid groups (broad SMARTS) is 1. The molecule has 1 heterocycles. The fourth-order valence-electron chi connectivity index (χ4n) is 4.35. The number of rotatable bonds is 19. The van der Waals surface area contributed by atoms with Gasteiger partial charge in [-0.25, -0.2) is 4.79 Å². The summed E-state index contributed by atoms with van der Waals surface area (Å²) in [5, 5.41) is 20.3. The molecular weight excluding hydrogens is 492 g/mol. The minimum Gasteiger partial charge on any atom is -0.505 e. The van der Waals surface area contributed by atoms with Crippen LogP contribution in [0, 0.1) is 11.3 Å². The average Bonchev–Trinajstić information content (AvgIpc) is 3.10. The predicted molar refractivity (Wildman–Crippen MR) is 142 cm³/mol. The molecule has 0 aliphatic carbocycles. The third-order valence-corrected chi connectivity index (χ3v) is 6.66. The highest BCUT2D eigenvalue weighted by atomic mass is 16.6. The van der Waals surface area contributed by atoms with Crippen molar-refractivity contribution in [3.63, 3.8) is 0 Å². The van der Waals surface area contributed by atoms with E-state index in [1.165, 1.54) is 51.4 Å². The lowest BCUT2D eigenvalue weighted by atomic mass is 9.92. The van der Waals surface area contributed by atoms with E-state index in [9.17, 15) is 29.4 Å². The Hall–Kier alpha value is -2.58. The fourth-order valence-corrected chi connectivity index (χ4v) is 4.35. The van der Waals surface area contributed by atoms with Gasteiger partial charge in [0.25, 0.3) is 5.76 Å². The predicted octanol–water partition coefficient (Wildman–Crippen LogP) is 6.38. The second-order valence-electron chi connectivity index (χ2n) is 11.3. The molecule has 9 heteroatoms. The molecular formula is C29H48O9. The largest absolute Gasteiger partial charge is 0.505 e. The zero-order chi connectivity index (χ0) is 28.7. The highest BCUT2D eigenvalue weighted by Gasteiger charge is 2.45. The molecule has 9 nitrogen and oxygen atoms in total. The molecule has 0 fully saturated rings. The van der Waals surface area contributed by atoms with Gasteiger partial charge in [0.05, 0.1) is 11.3 Å². The van der Waals surface area contributed by atoms with Crippen molar-refractivity contribution in [2.75, 3.05) is 0 Å². The van der Waals surface area contributed by atoms with E-state index in [-0.39, 0.29) is 6.42 Å². The van der Waals surface area contributed by atoms with Crippen molar-refractivity contribution >= 4 is 23.9 Å². The first-order valence-electron chi connectivity index (χ1n) is 14.1. The molecule has 3 atom stereocenters. The number of carbonyl (C=O) groups excluding carboxylic acids is 3. The smallest absolute Gasteiger partial charge is 0.379 e. The maximum absolute atomic E-state index is 12.3. The van der Waals surface area contributed by atoms with E-state index in [2.05, 4.69) is 6.92 Å². The number of esters is 3. The van der Waals surface area contributed by atoms with E-state index in [4.69, 9.17) is 14.2 Å². The van der Waals surface area contributed by atoms with Gasteiger partial charge in [0, 0.05) is 13.3 Å². The second kappa shape index (κ2) is 17.1. The highest BCUT2D eigenvalue weighted by molar-refractivity contribution is 5.93. The summed E-state index contributed by atoms with van der Waals surface area (Å²) in [7, 11) is 0. The van der Waals surface area contributed by atoms with Crippen LogP contribution >= 0.6 is 0 Å². The molecule has 1 aliphatic rings. The van der Waals surface area contributed by atoms with Crippen LogP contribution in [0.25, 0.3) is 0 Å². The Morgan fingerprint density at radius 3 is 1.87 bits per heavy atom. The van der Waals surface area contributed by atoms with Gasteiger partial charge >= 0.3 is 23.9 Å². The van der Waals surface area contributed by atoms with Crippen LogP contribution in [0.5, 0.6) is 0 Å². The van der Waals surface area contributed by atoms with Gasteiger partial charge in [-0.05, 0) is 27.2 Å². The van der Waals surface area contributed by atoms with E-state index >= 15 is 0 Å². The number of carboxylic acids is 1. The topological polar surface area (TPSA) is 136 Å². The number of aliphatic hydroxyl groups is 1. The Morgan fingerprint density at radius 2 is 1.42 bits per heavy atom. The first-order valence-corrected chi connectivity index (χ1v) is 14.1. The summed E-state index contributed by atoms with van der Waals surface area (Å²) < 4.78 is 15.4. The van der Waals surface area contributed by atoms with Crippen molar-refractivity contribution in [3.8, 4) is 0 Å². The van der Waals surface area contributed by atoms with Gasteiger partial charge in [-0.2, -0.15) is 0 Å². The second-order valence-corrected chi connectivity index (χ2v) is 11.3. The van der Waals surface area contributed by atoms with E-state index < -0.39 is 58.9 Å². The summed E-state index contributed by atoms with van der Waals surface area (Å²) in [4.78, 5) is 48.1. The molecule has 0 spiro atoms. The van der Waals surface area contributed by atoms with Crippen molar-refractivity contribution in [3.05, 3.63) is 11.5 Å². The summed E-state index contributed by atoms with van der Waals surface area (Å²) in [6.45, 7) is 8.11. The number of unbranched alkanes of at least 4 members (excludes halogenated alkanes) is 11. The lowest BCUT2D eigenvalue weighted by molar-refractivity contribution is -0.165. The van der Waals surface area contributed by atoms with Crippen LogP contribution in [0.4, 0.5) is 0 Å². The first kappa shape index (κ1) is 33.4. The fraction of sp³-hybridized carbons (Fsp3) is 0.793. The molecule has 1 rings (SSSR count). The molecule has 0 saturated heterocycles. The lowest BCUT2D eigenvalue weighted by Gasteiger charge is -2.25. The lowest BCUT2D eigenvalue weighted by Crippen LogP contribution is -2.36. The van der Waals surface area contributed by atoms with Crippen molar-refractivity contribution < 1.29 is 43.6 Å². The van der Waals surface area contributed by atoms with Crippen molar-refractivity contribution in [2.24, 2.45) is 11.3 Å². The quantitative estimate of drug-likeness (QED) is 0.108. The van der Waals surface area contributed by atoms with E-state index in [1.54, 1.807) is 20.8 Å². The van der Waals surface area contributed by atoms with Crippen LogP contribution in [0.3, 0.4) is 0 Å². The Labute approximate surface area is 227 Å². The number of carbonyl (C=O) groups is 4. The highest BCUT2D eigenvalue weighted by Crippen LogP contribution is 2.31. The molecule has 0 amide bonds. The monoisotopic (exact) mass is 540 g/mol. The standard InChI is InChI=1S/C29H48O9/c1-6-7-8-9-10-11-12-13-14-15-16-17-18-21(26(32)33)19-22(36-20(2)30)24-23(31)25(27(34)37-24)38-28(35)29(3,4)5/h21-22,24,31H,6-19H2,1-5H3,(H,32,33)/t21?,22-,24+/m0/s1. The summed E-state index contributed by atoms with van der Waals surface area (Å²) in [5.41, 5.74) is -0.941. The third-order valence-electron chi connectivity index (χ3n) is 6.66. The molecule has 1 unspecified atom stereocenters. The molecule has 218 valence electrons. The number of hydrogen-bond donors (Lipinski definition) is 2. The molecule has 0 aromatic heterocycles. The average molecular weight is 541 g/mol. The van der Waals surface area contributed by atoms with E-state index in [0.717, 1.165) is 26.2 Å². The zero-order valence-electron chi connectivity index (χ0n) is 23.9. The summed E-state index contributed by atoms with van der Waals surface area (Å²) in [6.07, 6.45) is 11.5. The van der Waals surface area contributed by atoms with Crippen molar-refractivity contribution in [1.82, 2.24) is 0 Å². The number of aliphatic carboxylic acids is 1. The van der Waals surface area contributed by atoms with Crippen LogP contribution in [-0.2, 0) is 33.4 Å². The van der Waals surface area contributed by atoms with Crippen LogP contribution in [0.15, 0.2) is 11.5 Å². The van der Waals surface area contributed by atoms with Gasteiger partial charge in [-0.1, -0.05) is 84.0 Å². The van der Waals surface area contributed by atoms with Crippen LogP contribution in [0.1, 0.15) is 125 Å². The van der Waals surface area contributed by atoms with Gasteiger partial charge in [-0.15, -0.1) is 0 Å². The third kappa shape index (κ3) is 12.3. The number of hydrogen-bond acceptors (Lipinski definition) is 8. The Bertz CT molecular complexity index is 809. The summed E-state index contributed by atoms with van der Waals surface area (Å²) >= 11 is 0. The van der Waals surface area contributed by atoms with Gasteiger partial charge in [0.1, 0.15) is 6.10 Å². The number of aliphatic hydroxyl groups excluding tert-OH is 1. The van der Waals surface area contributed by atoms with Crippen LogP contribution in [-0.4, -0.2) is 46.3 Å². The molecule has 0 bridgehead atoms. The minimum absolute atomic E-state index is 0.157. The van der Waals surface area contributed by atoms with Crippen LogP contribution < -0.4 is 0 Å². The van der Waals surface area contributed by atoms with Gasteiger partial charge in [0.2, 0.25) is 0 Å². The molecule has 38 heavy (non-hydrogen) atoms. The molecule has 0 saturated carbocycles. The van der Waals surface area contributed by atoms with Crippen LogP contribution in [0.2, 0.25) is 0 Å².